The van der Waals surface area contributed by atoms with E-state index >= 15 is 0 Å². The van der Waals surface area contributed by atoms with Gasteiger partial charge < -0.3 is 20.1 Å². The van der Waals surface area contributed by atoms with Crippen LogP contribution in [0.4, 0.5) is 5.69 Å². The van der Waals surface area contributed by atoms with Gasteiger partial charge in [-0.3, -0.25) is 4.79 Å². The van der Waals surface area contributed by atoms with Gasteiger partial charge in [-0.05, 0) is 42.2 Å². The van der Waals surface area contributed by atoms with Crippen molar-refractivity contribution in [2.45, 2.75) is 39.4 Å². The molecule has 1 amide bonds. The van der Waals surface area contributed by atoms with E-state index in [1.165, 1.54) is 11.1 Å². The Hall–Kier alpha value is -3.61. The second-order valence-electron chi connectivity index (χ2n) is 7.92. The number of carbonyl (C=O) groups is 1. The van der Waals surface area contributed by atoms with Gasteiger partial charge in [0, 0.05) is 50.7 Å². The topological polar surface area (TPSA) is 74.6 Å². The van der Waals surface area contributed by atoms with Crippen LogP contribution in [0.25, 0.3) is 0 Å². The number of nitrogens with one attached hydrogen (secondary N) is 2. The van der Waals surface area contributed by atoms with E-state index in [0.29, 0.717) is 19.5 Å². The van der Waals surface area contributed by atoms with Gasteiger partial charge >= 0.3 is 0 Å². The number of imidazole rings is 1. The standard InChI is InChI=1S/C25H30N6O/c1-2-27-25(28-16-20-5-7-22(8-6-20)18-30-15-13-26-19-30)29-17-21-9-11-23(12-10-21)31-14-3-4-24(31)32/h5-13,15,19H,2-4,14,16-18H2,1H3,(H2,27,28,29). The number of guanidine groups is 1. The summed E-state index contributed by atoms with van der Waals surface area (Å²) in [6.07, 6.45) is 7.18. The van der Waals surface area contributed by atoms with Gasteiger partial charge in [0.1, 0.15) is 0 Å². The van der Waals surface area contributed by atoms with Crippen molar-refractivity contribution in [1.82, 2.24) is 20.2 Å². The van der Waals surface area contributed by atoms with E-state index in [9.17, 15) is 4.79 Å². The molecule has 3 aromatic rings. The Morgan fingerprint density at radius 3 is 2.44 bits per heavy atom. The van der Waals surface area contributed by atoms with Crippen LogP contribution in [0.5, 0.6) is 0 Å². The van der Waals surface area contributed by atoms with Gasteiger partial charge in [0.2, 0.25) is 5.91 Å². The third-order valence-corrected chi connectivity index (χ3v) is 5.49. The lowest BCUT2D eigenvalue weighted by molar-refractivity contribution is -0.117. The van der Waals surface area contributed by atoms with Crippen LogP contribution in [0, 0.1) is 0 Å². The highest BCUT2D eigenvalue weighted by atomic mass is 16.2. The third-order valence-electron chi connectivity index (χ3n) is 5.49. The van der Waals surface area contributed by atoms with Gasteiger partial charge in [-0.1, -0.05) is 36.4 Å². The molecule has 0 atom stereocenters. The minimum Gasteiger partial charge on any atom is -0.357 e. The maximum absolute atomic E-state index is 11.9. The number of aromatic nitrogens is 2. The van der Waals surface area contributed by atoms with Crippen molar-refractivity contribution in [2.75, 3.05) is 18.0 Å². The van der Waals surface area contributed by atoms with Gasteiger partial charge in [-0.2, -0.15) is 0 Å². The number of benzene rings is 2. The highest BCUT2D eigenvalue weighted by Crippen LogP contribution is 2.21. The lowest BCUT2D eigenvalue weighted by atomic mass is 10.1. The normalized spacial score (nSPS) is 14.1. The molecule has 0 bridgehead atoms. The molecule has 32 heavy (non-hydrogen) atoms. The van der Waals surface area contributed by atoms with Crippen LogP contribution in [0.3, 0.4) is 0 Å². The predicted octanol–water partition coefficient (Wildman–Crippen LogP) is 3.31. The molecule has 0 spiro atoms. The zero-order chi connectivity index (χ0) is 22.2. The highest BCUT2D eigenvalue weighted by Gasteiger charge is 2.21. The van der Waals surface area contributed by atoms with Gasteiger partial charge in [0.05, 0.1) is 12.9 Å². The number of hydrogen-bond donors (Lipinski definition) is 2. The maximum Gasteiger partial charge on any atom is 0.227 e. The summed E-state index contributed by atoms with van der Waals surface area (Å²) in [5.74, 6) is 0.998. The SMILES string of the molecule is CCNC(=NCc1ccc(N2CCCC2=O)cc1)NCc1ccc(Cn2ccnc2)cc1. The molecule has 1 aromatic heterocycles. The van der Waals surface area contributed by atoms with E-state index in [0.717, 1.165) is 43.3 Å². The first-order valence-electron chi connectivity index (χ1n) is 11.2. The van der Waals surface area contributed by atoms with Gasteiger partial charge in [-0.25, -0.2) is 9.98 Å². The molecule has 2 N–H and O–H groups in total. The van der Waals surface area contributed by atoms with Crippen LogP contribution >= 0.6 is 0 Å². The number of nitrogens with zero attached hydrogens (tertiary/aromatic N) is 4. The summed E-state index contributed by atoms with van der Waals surface area (Å²) in [6, 6.07) is 16.7. The Morgan fingerprint density at radius 1 is 1.03 bits per heavy atom. The van der Waals surface area contributed by atoms with Crippen molar-refractivity contribution in [1.29, 1.82) is 0 Å². The Labute approximate surface area is 189 Å². The van der Waals surface area contributed by atoms with Crippen molar-refractivity contribution in [2.24, 2.45) is 4.99 Å². The monoisotopic (exact) mass is 430 g/mol. The van der Waals surface area contributed by atoms with Crippen molar-refractivity contribution in [3.8, 4) is 0 Å². The molecular formula is C25H30N6O. The molecule has 1 aliphatic heterocycles. The molecule has 7 heteroatoms. The highest BCUT2D eigenvalue weighted by molar-refractivity contribution is 5.95. The second kappa shape index (κ2) is 10.6. The van der Waals surface area contributed by atoms with E-state index in [1.807, 2.05) is 41.7 Å². The summed E-state index contributed by atoms with van der Waals surface area (Å²) in [5.41, 5.74) is 4.53. The number of aliphatic imine (C=N–C) groups is 1. The molecule has 0 unspecified atom stereocenters. The zero-order valence-corrected chi connectivity index (χ0v) is 18.5. The maximum atomic E-state index is 11.9. The van der Waals surface area contributed by atoms with E-state index in [1.54, 1.807) is 6.20 Å². The Kier molecular flexibility index (Phi) is 7.17. The van der Waals surface area contributed by atoms with Gasteiger partial charge in [0.15, 0.2) is 5.96 Å². The number of hydrogen-bond acceptors (Lipinski definition) is 3. The first-order chi connectivity index (χ1) is 15.7. The Balaban J connectivity index is 1.31. The summed E-state index contributed by atoms with van der Waals surface area (Å²) < 4.78 is 2.05. The zero-order valence-electron chi connectivity index (χ0n) is 18.5. The average molecular weight is 431 g/mol. The second-order valence-corrected chi connectivity index (χ2v) is 7.92. The van der Waals surface area contributed by atoms with Crippen molar-refractivity contribution >= 4 is 17.6 Å². The largest absolute Gasteiger partial charge is 0.357 e. The van der Waals surface area contributed by atoms with Crippen LogP contribution < -0.4 is 15.5 Å². The minimum atomic E-state index is 0.212. The molecule has 0 radical (unpaired) electrons. The molecule has 2 heterocycles. The quantitative estimate of drug-likeness (QED) is 0.425. The van der Waals surface area contributed by atoms with Crippen LogP contribution in [0.15, 0.2) is 72.2 Å². The molecule has 4 rings (SSSR count). The molecule has 0 aliphatic carbocycles. The van der Waals surface area contributed by atoms with Crippen molar-refractivity contribution < 1.29 is 4.79 Å². The first-order valence-corrected chi connectivity index (χ1v) is 11.2. The van der Waals surface area contributed by atoms with E-state index in [2.05, 4.69) is 51.4 Å². The molecule has 7 nitrogen and oxygen atoms in total. The van der Waals surface area contributed by atoms with E-state index < -0.39 is 0 Å². The first kappa shape index (κ1) is 21.6. The number of carbonyl (C=O) groups excluding carboxylic acids is 1. The number of amides is 1. The molecule has 0 saturated carbocycles. The van der Waals surface area contributed by atoms with E-state index in [-0.39, 0.29) is 5.91 Å². The van der Waals surface area contributed by atoms with Crippen molar-refractivity contribution in [3.63, 3.8) is 0 Å². The summed E-state index contributed by atoms with van der Waals surface area (Å²) in [7, 11) is 0. The number of anilines is 1. The summed E-state index contributed by atoms with van der Waals surface area (Å²) >= 11 is 0. The average Bonchev–Trinajstić information content (AvgIpc) is 3.49. The third kappa shape index (κ3) is 5.75. The van der Waals surface area contributed by atoms with Crippen LogP contribution in [-0.4, -0.2) is 34.5 Å². The lowest BCUT2D eigenvalue weighted by Gasteiger charge is -2.16. The summed E-state index contributed by atoms with van der Waals surface area (Å²) in [6.45, 7) is 5.77. The van der Waals surface area contributed by atoms with Crippen LogP contribution in [0.1, 0.15) is 36.5 Å². The fourth-order valence-electron chi connectivity index (χ4n) is 3.75. The van der Waals surface area contributed by atoms with E-state index in [4.69, 9.17) is 4.99 Å². The minimum absolute atomic E-state index is 0.212. The molecular weight excluding hydrogens is 400 g/mol. The lowest BCUT2D eigenvalue weighted by Crippen LogP contribution is -2.36. The molecule has 1 aliphatic rings. The molecule has 1 saturated heterocycles. The van der Waals surface area contributed by atoms with Crippen molar-refractivity contribution in [3.05, 3.63) is 83.9 Å². The Bertz CT molecular complexity index is 1030. The summed E-state index contributed by atoms with van der Waals surface area (Å²) in [5, 5.41) is 6.71. The van der Waals surface area contributed by atoms with Crippen LogP contribution in [0.2, 0.25) is 0 Å². The fourth-order valence-corrected chi connectivity index (χ4v) is 3.75. The predicted molar refractivity (Wildman–Crippen MR) is 127 cm³/mol. The molecule has 166 valence electrons. The molecule has 2 aromatic carbocycles. The van der Waals surface area contributed by atoms with Crippen LogP contribution in [-0.2, 0) is 24.4 Å². The summed E-state index contributed by atoms with van der Waals surface area (Å²) in [4.78, 5) is 22.6. The molecule has 1 fully saturated rings. The van der Waals surface area contributed by atoms with Gasteiger partial charge in [0.25, 0.3) is 0 Å². The smallest absolute Gasteiger partial charge is 0.227 e. The van der Waals surface area contributed by atoms with Gasteiger partial charge in [-0.15, -0.1) is 0 Å². The fraction of sp³-hybridized carbons (Fsp3) is 0.320. The number of rotatable bonds is 8. The Morgan fingerprint density at radius 2 is 1.78 bits per heavy atom.